The average molecular weight is 320 g/mol. The van der Waals surface area contributed by atoms with Crippen LogP contribution in [0.25, 0.3) is 0 Å². The summed E-state index contributed by atoms with van der Waals surface area (Å²) in [4.78, 5) is 14.6. The maximum Gasteiger partial charge on any atom is 0.227 e. The summed E-state index contributed by atoms with van der Waals surface area (Å²) in [6, 6.07) is 5.67. The van der Waals surface area contributed by atoms with E-state index in [1.165, 1.54) is 0 Å². The summed E-state index contributed by atoms with van der Waals surface area (Å²) >= 11 is 0. The molecule has 0 aliphatic heterocycles. The Morgan fingerprint density at radius 2 is 1.87 bits per heavy atom. The molecule has 0 heterocycles. The highest BCUT2D eigenvalue weighted by Crippen LogP contribution is 2.33. The van der Waals surface area contributed by atoms with Crippen molar-refractivity contribution >= 4 is 5.91 Å². The largest absolute Gasteiger partial charge is 0.497 e. The minimum absolute atomic E-state index is 0.103. The Bertz CT molecular complexity index is 535. The number of nitrogens with zero attached hydrogens (tertiary/aromatic N) is 1. The lowest BCUT2D eigenvalue weighted by Crippen LogP contribution is -2.53. The first kappa shape index (κ1) is 17.6. The van der Waals surface area contributed by atoms with Gasteiger partial charge in [-0.1, -0.05) is 12.8 Å². The van der Waals surface area contributed by atoms with Gasteiger partial charge in [0.05, 0.1) is 20.1 Å². The lowest BCUT2D eigenvalue weighted by molar-refractivity contribution is -0.138. The van der Waals surface area contributed by atoms with Crippen molar-refractivity contribution in [1.29, 1.82) is 0 Å². The van der Waals surface area contributed by atoms with Gasteiger partial charge in [0.15, 0.2) is 0 Å². The topological polar surface area (TPSA) is 64.8 Å². The van der Waals surface area contributed by atoms with Crippen LogP contribution in [0.2, 0.25) is 0 Å². The SMILES string of the molecule is COc1cc(CN(C)C(=O)C2CCCCC2(C)N)cc(OC)c1. The Morgan fingerprint density at radius 3 is 2.39 bits per heavy atom. The number of benzene rings is 1. The minimum atomic E-state index is -0.407. The van der Waals surface area contributed by atoms with Gasteiger partial charge in [-0.2, -0.15) is 0 Å². The molecule has 0 aromatic heterocycles. The van der Waals surface area contributed by atoms with Crippen LogP contribution in [0, 0.1) is 5.92 Å². The van der Waals surface area contributed by atoms with Crippen LogP contribution in [0.4, 0.5) is 0 Å². The van der Waals surface area contributed by atoms with Gasteiger partial charge in [0.25, 0.3) is 0 Å². The van der Waals surface area contributed by atoms with Crippen LogP contribution in [0.15, 0.2) is 18.2 Å². The molecule has 0 radical (unpaired) electrons. The van der Waals surface area contributed by atoms with E-state index in [1.807, 2.05) is 32.2 Å². The third-order valence-electron chi connectivity index (χ3n) is 4.76. The number of nitrogens with two attached hydrogens (primary N) is 1. The van der Waals surface area contributed by atoms with Crippen molar-refractivity contribution in [2.45, 2.75) is 44.7 Å². The zero-order valence-electron chi connectivity index (χ0n) is 14.6. The van der Waals surface area contributed by atoms with E-state index in [0.29, 0.717) is 6.54 Å². The van der Waals surface area contributed by atoms with Crippen LogP contribution >= 0.6 is 0 Å². The van der Waals surface area contributed by atoms with E-state index in [1.54, 1.807) is 19.1 Å². The average Bonchev–Trinajstić information content (AvgIpc) is 2.53. The van der Waals surface area contributed by atoms with Crippen molar-refractivity contribution in [3.63, 3.8) is 0 Å². The Balaban J connectivity index is 2.11. The molecule has 0 saturated heterocycles. The van der Waals surface area contributed by atoms with Gasteiger partial charge in [0.2, 0.25) is 5.91 Å². The fraction of sp³-hybridized carbons (Fsp3) is 0.611. The molecule has 1 aliphatic rings. The number of hydrogen-bond acceptors (Lipinski definition) is 4. The first-order valence-corrected chi connectivity index (χ1v) is 8.13. The summed E-state index contributed by atoms with van der Waals surface area (Å²) in [5.41, 5.74) is 6.93. The molecule has 0 spiro atoms. The standard InChI is InChI=1S/C18H28N2O3/c1-18(19)8-6-5-7-16(18)17(21)20(2)12-13-9-14(22-3)11-15(10-13)23-4/h9-11,16H,5-8,12,19H2,1-4H3. The van der Waals surface area contributed by atoms with Crippen LogP contribution < -0.4 is 15.2 Å². The number of amides is 1. The molecular weight excluding hydrogens is 292 g/mol. The molecule has 2 atom stereocenters. The fourth-order valence-electron chi connectivity index (χ4n) is 3.34. The second-order valence-electron chi connectivity index (χ2n) is 6.72. The predicted molar refractivity (Wildman–Crippen MR) is 90.6 cm³/mol. The van der Waals surface area contributed by atoms with Gasteiger partial charge in [-0.05, 0) is 37.5 Å². The molecule has 2 unspecified atom stereocenters. The molecule has 23 heavy (non-hydrogen) atoms. The van der Waals surface area contributed by atoms with E-state index in [4.69, 9.17) is 15.2 Å². The Labute approximate surface area is 138 Å². The lowest BCUT2D eigenvalue weighted by atomic mass is 9.74. The molecule has 1 saturated carbocycles. The van der Waals surface area contributed by atoms with E-state index < -0.39 is 5.54 Å². The third-order valence-corrected chi connectivity index (χ3v) is 4.76. The number of methoxy groups -OCH3 is 2. The van der Waals surface area contributed by atoms with Gasteiger partial charge >= 0.3 is 0 Å². The van der Waals surface area contributed by atoms with E-state index in [0.717, 1.165) is 42.7 Å². The van der Waals surface area contributed by atoms with Crippen molar-refractivity contribution < 1.29 is 14.3 Å². The smallest absolute Gasteiger partial charge is 0.227 e. The Kier molecular flexibility index (Phi) is 5.52. The third kappa shape index (κ3) is 4.16. The molecule has 2 rings (SSSR count). The van der Waals surface area contributed by atoms with Crippen molar-refractivity contribution in [2.24, 2.45) is 11.7 Å². The number of carbonyl (C=O) groups is 1. The van der Waals surface area contributed by atoms with Crippen LogP contribution in [0.1, 0.15) is 38.2 Å². The second kappa shape index (κ2) is 7.21. The normalized spacial score (nSPS) is 24.1. The number of ether oxygens (including phenoxy) is 2. The van der Waals surface area contributed by atoms with E-state index in [2.05, 4.69) is 0 Å². The maximum absolute atomic E-state index is 12.8. The number of rotatable bonds is 5. The highest BCUT2D eigenvalue weighted by atomic mass is 16.5. The monoisotopic (exact) mass is 320 g/mol. The minimum Gasteiger partial charge on any atom is -0.497 e. The van der Waals surface area contributed by atoms with Gasteiger partial charge < -0.3 is 20.1 Å². The molecule has 1 fully saturated rings. The van der Waals surface area contributed by atoms with Gasteiger partial charge in [-0.3, -0.25) is 4.79 Å². The molecule has 128 valence electrons. The molecule has 2 N–H and O–H groups in total. The van der Waals surface area contributed by atoms with Gasteiger partial charge in [0, 0.05) is 25.2 Å². The van der Waals surface area contributed by atoms with E-state index in [9.17, 15) is 4.79 Å². The Hall–Kier alpha value is -1.75. The van der Waals surface area contributed by atoms with Gasteiger partial charge in [-0.15, -0.1) is 0 Å². The molecule has 1 aromatic rings. The van der Waals surface area contributed by atoms with Crippen molar-refractivity contribution in [3.05, 3.63) is 23.8 Å². The first-order chi connectivity index (χ1) is 10.9. The molecule has 5 nitrogen and oxygen atoms in total. The maximum atomic E-state index is 12.8. The van der Waals surface area contributed by atoms with Crippen molar-refractivity contribution in [3.8, 4) is 11.5 Å². The zero-order valence-corrected chi connectivity index (χ0v) is 14.6. The van der Waals surface area contributed by atoms with Crippen molar-refractivity contribution in [1.82, 2.24) is 4.90 Å². The lowest BCUT2D eigenvalue weighted by Gasteiger charge is -2.39. The molecule has 5 heteroatoms. The zero-order chi connectivity index (χ0) is 17.0. The second-order valence-corrected chi connectivity index (χ2v) is 6.72. The highest BCUT2D eigenvalue weighted by molar-refractivity contribution is 5.80. The molecule has 1 aromatic carbocycles. The molecule has 0 bridgehead atoms. The van der Waals surface area contributed by atoms with Crippen LogP contribution in [0.3, 0.4) is 0 Å². The summed E-state index contributed by atoms with van der Waals surface area (Å²) in [6.07, 6.45) is 3.96. The summed E-state index contributed by atoms with van der Waals surface area (Å²) < 4.78 is 10.6. The summed E-state index contributed by atoms with van der Waals surface area (Å²) in [7, 11) is 5.07. The quantitative estimate of drug-likeness (QED) is 0.905. The van der Waals surface area contributed by atoms with Crippen molar-refractivity contribution in [2.75, 3.05) is 21.3 Å². The first-order valence-electron chi connectivity index (χ1n) is 8.13. The van der Waals surface area contributed by atoms with Crippen LogP contribution in [-0.4, -0.2) is 37.6 Å². The fourth-order valence-corrected chi connectivity index (χ4v) is 3.34. The molecule has 1 amide bonds. The van der Waals surface area contributed by atoms with Gasteiger partial charge in [-0.25, -0.2) is 0 Å². The van der Waals surface area contributed by atoms with Crippen LogP contribution in [-0.2, 0) is 11.3 Å². The molecule has 1 aliphatic carbocycles. The number of carbonyl (C=O) groups excluding carboxylic acids is 1. The Morgan fingerprint density at radius 1 is 1.26 bits per heavy atom. The van der Waals surface area contributed by atoms with E-state index >= 15 is 0 Å². The number of hydrogen-bond donors (Lipinski definition) is 1. The molecular formula is C18H28N2O3. The van der Waals surface area contributed by atoms with Crippen LogP contribution in [0.5, 0.6) is 11.5 Å². The highest BCUT2D eigenvalue weighted by Gasteiger charge is 2.39. The summed E-state index contributed by atoms with van der Waals surface area (Å²) in [5.74, 6) is 1.47. The summed E-state index contributed by atoms with van der Waals surface area (Å²) in [6.45, 7) is 2.51. The van der Waals surface area contributed by atoms with E-state index in [-0.39, 0.29) is 11.8 Å². The van der Waals surface area contributed by atoms with Gasteiger partial charge in [0.1, 0.15) is 11.5 Å². The summed E-state index contributed by atoms with van der Waals surface area (Å²) in [5, 5.41) is 0. The predicted octanol–water partition coefficient (Wildman–Crippen LogP) is 2.57.